The highest BCUT2D eigenvalue weighted by atomic mass is 16.6. The Morgan fingerprint density at radius 2 is 1.57 bits per heavy atom. The Hall–Kier alpha value is -4.87. The second kappa shape index (κ2) is 12.8. The lowest BCUT2D eigenvalue weighted by molar-refractivity contribution is -0.150. The highest BCUT2D eigenvalue weighted by molar-refractivity contribution is 5.97. The van der Waals surface area contributed by atoms with Gasteiger partial charge in [0.25, 0.3) is 0 Å². The molecule has 12 nitrogen and oxygen atoms in total. The molecule has 2 aromatic rings. The van der Waals surface area contributed by atoms with E-state index >= 15 is 0 Å². The van der Waals surface area contributed by atoms with Gasteiger partial charge in [0.1, 0.15) is 25.7 Å². The normalized spacial score (nSPS) is 17.6. The molecule has 0 unspecified atom stereocenters. The van der Waals surface area contributed by atoms with E-state index in [4.69, 9.17) is 14.6 Å². The zero-order valence-corrected chi connectivity index (χ0v) is 21.6. The van der Waals surface area contributed by atoms with Crippen LogP contribution in [0.3, 0.4) is 0 Å². The van der Waals surface area contributed by atoms with Gasteiger partial charge in [-0.1, -0.05) is 61.2 Å². The van der Waals surface area contributed by atoms with Gasteiger partial charge in [-0.15, -0.1) is 0 Å². The van der Waals surface area contributed by atoms with E-state index in [1.54, 1.807) is 0 Å². The number of aliphatic carboxylic acids is 1. The van der Waals surface area contributed by atoms with E-state index in [1.165, 1.54) is 6.08 Å². The molecule has 1 aliphatic carbocycles. The molecule has 4 amide bonds. The summed E-state index contributed by atoms with van der Waals surface area (Å²) >= 11 is 0. The molecular formula is C28H30N4O8. The minimum atomic E-state index is -1.36. The number of alkyl carbamates (subject to hydrolysis) is 2. The first-order chi connectivity index (χ1) is 19.3. The van der Waals surface area contributed by atoms with Crippen LogP contribution in [0.5, 0.6) is 0 Å². The fraction of sp³-hybridized carbons (Fsp3) is 0.321. The van der Waals surface area contributed by atoms with Gasteiger partial charge in [-0.3, -0.25) is 14.4 Å². The molecule has 12 heteroatoms. The molecule has 4 N–H and O–H groups in total. The summed E-state index contributed by atoms with van der Waals surface area (Å²) in [6.07, 6.45) is -0.968. The number of carboxylic acid groups (broad SMARTS) is 1. The Kier molecular flexibility index (Phi) is 9.00. The van der Waals surface area contributed by atoms with Gasteiger partial charge >= 0.3 is 18.2 Å². The van der Waals surface area contributed by atoms with Gasteiger partial charge in [0.05, 0.1) is 12.6 Å². The molecule has 1 heterocycles. The highest BCUT2D eigenvalue weighted by Crippen LogP contribution is 2.44. The van der Waals surface area contributed by atoms with Gasteiger partial charge in [0.15, 0.2) is 0 Å². The minimum absolute atomic E-state index is 0.00427. The van der Waals surface area contributed by atoms with E-state index in [9.17, 15) is 24.0 Å². The molecule has 210 valence electrons. The maximum atomic E-state index is 12.9. The molecule has 0 spiro atoms. The summed E-state index contributed by atoms with van der Waals surface area (Å²) in [6, 6.07) is 13.9. The lowest BCUT2D eigenvalue weighted by Crippen LogP contribution is -2.66. The van der Waals surface area contributed by atoms with Crippen molar-refractivity contribution in [3.05, 3.63) is 72.3 Å². The van der Waals surface area contributed by atoms with Crippen molar-refractivity contribution in [1.82, 2.24) is 20.9 Å². The Balaban J connectivity index is 1.36. The summed E-state index contributed by atoms with van der Waals surface area (Å²) in [7, 11) is 0. The summed E-state index contributed by atoms with van der Waals surface area (Å²) in [4.78, 5) is 62.1. The first-order valence-corrected chi connectivity index (χ1v) is 12.7. The molecule has 0 bridgehead atoms. The van der Waals surface area contributed by atoms with Gasteiger partial charge in [0.2, 0.25) is 11.8 Å². The predicted octanol–water partition coefficient (Wildman–Crippen LogP) is 1.61. The Labute approximate surface area is 230 Å². The topological polar surface area (TPSA) is 163 Å². The zero-order valence-electron chi connectivity index (χ0n) is 21.6. The molecule has 0 aromatic heterocycles. The Morgan fingerprint density at radius 1 is 0.975 bits per heavy atom. The van der Waals surface area contributed by atoms with E-state index < -0.39 is 48.5 Å². The number of carbonyl (C=O) groups is 5. The van der Waals surface area contributed by atoms with E-state index in [-0.39, 0.29) is 38.8 Å². The highest BCUT2D eigenvalue weighted by Gasteiger charge is 2.38. The summed E-state index contributed by atoms with van der Waals surface area (Å²) in [6.45, 7) is 3.05. The third kappa shape index (κ3) is 6.57. The van der Waals surface area contributed by atoms with Gasteiger partial charge in [0, 0.05) is 19.0 Å². The van der Waals surface area contributed by atoms with Crippen molar-refractivity contribution in [3.8, 4) is 11.1 Å². The molecule has 40 heavy (non-hydrogen) atoms. The van der Waals surface area contributed by atoms with E-state index in [2.05, 4.69) is 22.5 Å². The number of ether oxygens (including phenoxy) is 2. The largest absolute Gasteiger partial charge is 0.481 e. The molecule has 2 aromatic carbocycles. The summed E-state index contributed by atoms with van der Waals surface area (Å²) in [5, 5.41) is 16.8. The fourth-order valence-corrected chi connectivity index (χ4v) is 4.90. The van der Waals surface area contributed by atoms with Gasteiger partial charge in [-0.05, 0) is 22.3 Å². The quantitative estimate of drug-likeness (QED) is 0.256. The SMILES string of the molecule is C=CCOC(=O)NC[C@@H]1CN(C(=O)CC(=O)O)[C@@H](CNC(=O)OCC2c3ccccc3-c3ccccc32)C(=O)N1. The third-order valence-electron chi connectivity index (χ3n) is 6.67. The van der Waals surface area contributed by atoms with Crippen LogP contribution < -0.4 is 16.0 Å². The molecule has 1 aliphatic heterocycles. The zero-order chi connectivity index (χ0) is 28.6. The van der Waals surface area contributed by atoms with E-state index in [1.807, 2.05) is 48.5 Å². The van der Waals surface area contributed by atoms with Crippen LogP contribution in [0.25, 0.3) is 11.1 Å². The lowest BCUT2D eigenvalue weighted by Gasteiger charge is -2.39. The van der Waals surface area contributed by atoms with Crippen LogP contribution in [0.1, 0.15) is 23.5 Å². The molecule has 1 fully saturated rings. The number of amides is 4. The lowest BCUT2D eigenvalue weighted by atomic mass is 9.98. The Morgan fingerprint density at radius 3 is 2.20 bits per heavy atom. The number of nitrogens with one attached hydrogen (secondary N) is 3. The van der Waals surface area contributed by atoms with Gasteiger partial charge in [-0.25, -0.2) is 9.59 Å². The number of hydrogen-bond donors (Lipinski definition) is 4. The number of rotatable bonds is 10. The molecule has 2 aliphatic rings. The molecule has 0 radical (unpaired) electrons. The van der Waals surface area contributed by atoms with Crippen LogP contribution in [0.4, 0.5) is 9.59 Å². The number of benzene rings is 2. The number of hydrogen-bond acceptors (Lipinski definition) is 7. The molecule has 2 atom stereocenters. The monoisotopic (exact) mass is 550 g/mol. The van der Waals surface area contributed by atoms with Crippen molar-refractivity contribution in [2.75, 3.05) is 32.8 Å². The maximum Gasteiger partial charge on any atom is 0.407 e. The smallest absolute Gasteiger partial charge is 0.407 e. The average molecular weight is 551 g/mol. The van der Waals surface area contributed by atoms with Crippen LogP contribution in [0, 0.1) is 0 Å². The number of nitrogens with zero attached hydrogens (tertiary/aromatic N) is 1. The van der Waals surface area contributed by atoms with E-state index in [0.29, 0.717) is 0 Å². The fourth-order valence-electron chi connectivity index (χ4n) is 4.90. The van der Waals surface area contributed by atoms with Crippen LogP contribution in [-0.2, 0) is 23.9 Å². The molecule has 0 saturated carbocycles. The van der Waals surface area contributed by atoms with Crippen molar-refractivity contribution in [2.24, 2.45) is 0 Å². The van der Waals surface area contributed by atoms with Crippen molar-refractivity contribution in [1.29, 1.82) is 0 Å². The van der Waals surface area contributed by atoms with Crippen molar-refractivity contribution in [2.45, 2.75) is 24.4 Å². The van der Waals surface area contributed by atoms with Crippen molar-refractivity contribution >= 4 is 30.0 Å². The molecule has 1 saturated heterocycles. The predicted molar refractivity (Wildman–Crippen MR) is 142 cm³/mol. The first kappa shape index (κ1) is 28.1. The average Bonchev–Trinajstić information content (AvgIpc) is 3.26. The number of carboxylic acids is 1. The second-order valence-corrected chi connectivity index (χ2v) is 9.31. The molecular weight excluding hydrogens is 520 g/mol. The van der Waals surface area contributed by atoms with Crippen molar-refractivity contribution in [3.63, 3.8) is 0 Å². The molecule has 4 rings (SSSR count). The number of carbonyl (C=O) groups excluding carboxylic acids is 4. The van der Waals surface area contributed by atoms with Crippen LogP contribution in [0.15, 0.2) is 61.2 Å². The number of fused-ring (bicyclic) bond motifs is 3. The maximum absolute atomic E-state index is 12.9. The summed E-state index contributed by atoms with van der Waals surface area (Å²) in [5.74, 6) is -2.94. The number of piperazine rings is 1. The standard InChI is InChI=1S/C28H30N4O8/c1-2-11-39-27(37)29-13-17-15-32(24(33)12-25(34)35)23(26(36)31-17)14-30-28(38)40-16-22-20-9-5-3-7-18(20)19-8-4-6-10-21(19)22/h2-10,17,22-23H,1,11-16H2,(H,29,37)(H,30,38)(H,31,36)(H,34,35)/t17-,23+/m1/s1. The summed E-state index contributed by atoms with van der Waals surface area (Å²) in [5.41, 5.74) is 4.25. The third-order valence-corrected chi connectivity index (χ3v) is 6.67. The van der Waals surface area contributed by atoms with Crippen molar-refractivity contribution < 1.29 is 38.6 Å². The van der Waals surface area contributed by atoms with E-state index in [0.717, 1.165) is 27.2 Å². The minimum Gasteiger partial charge on any atom is -0.481 e. The summed E-state index contributed by atoms with van der Waals surface area (Å²) < 4.78 is 10.3. The van der Waals surface area contributed by atoms with Crippen LogP contribution in [0.2, 0.25) is 0 Å². The Bertz CT molecular complexity index is 1270. The first-order valence-electron chi connectivity index (χ1n) is 12.7. The van der Waals surface area contributed by atoms with Crippen LogP contribution >= 0.6 is 0 Å². The van der Waals surface area contributed by atoms with Gasteiger partial charge < -0.3 is 35.4 Å². The second-order valence-electron chi connectivity index (χ2n) is 9.31. The van der Waals surface area contributed by atoms with Gasteiger partial charge in [-0.2, -0.15) is 0 Å². The van der Waals surface area contributed by atoms with Crippen LogP contribution in [-0.4, -0.2) is 84.9 Å².